The van der Waals surface area contributed by atoms with Gasteiger partial charge >= 0.3 is 0 Å². The van der Waals surface area contributed by atoms with E-state index in [4.69, 9.17) is 8.92 Å². The molecule has 8 heteroatoms. The van der Waals surface area contributed by atoms with Crippen LogP contribution in [0.15, 0.2) is 29.2 Å². The van der Waals surface area contributed by atoms with E-state index in [9.17, 15) is 23.7 Å². The fraction of sp³-hybridized carbons (Fsp3) is 0.538. The number of aliphatic hydroxyl groups is 3. The molecular formula is C13H18O7S. The molecule has 1 aromatic carbocycles. The molecule has 1 heterocycles. The zero-order chi connectivity index (χ0) is 15.7. The second-order valence-corrected chi connectivity index (χ2v) is 6.69. The van der Waals surface area contributed by atoms with E-state index < -0.39 is 41.1 Å². The third-order valence-corrected chi connectivity index (χ3v) is 4.76. The first-order valence-electron chi connectivity index (χ1n) is 6.38. The fourth-order valence-electron chi connectivity index (χ4n) is 2.04. The van der Waals surface area contributed by atoms with Gasteiger partial charge in [0.05, 0.1) is 18.1 Å². The van der Waals surface area contributed by atoms with Gasteiger partial charge in [-0.25, -0.2) is 0 Å². The molecule has 0 aliphatic carbocycles. The zero-order valence-electron chi connectivity index (χ0n) is 11.5. The summed E-state index contributed by atoms with van der Waals surface area (Å²) in [6.07, 6.45) is -2.61. The van der Waals surface area contributed by atoms with Gasteiger partial charge in [0.15, 0.2) is 0 Å². The molecule has 118 valence electrons. The maximum absolute atomic E-state index is 12.0. The monoisotopic (exact) mass is 318 g/mol. The molecule has 21 heavy (non-hydrogen) atoms. The Morgan fingerprint density at radius 2 is 1.95 bits per heavy atom. The van der Waals surface area contributed by atoms with Crippen molar-refractivity contribution in [1.29, 1.82) is 0 Å². The predicted molar refractivity (Wildman–Crippen MR) is 72.1 cm³/mol. The van der Waals surface area contributed by atoms with Gasteiger partial charge in [-0.05, 0) is 19.1 Å². The van der Waals surface area contributed by atoms with Crippen LogP contribution in [-0.4, -0.2) is 61.4 Å². The molecule has 3 unspecified atom stereocenters. The predicted octanol–water partition coefficient (Wildman–Crippen LogP) is -0.817. The summed E-state index contributed by atoms with van der Waals surface area (Å²) in [7, 11) is -4.04. The largest absolute Gasteiger partial charge is 0.393 e. The van der Waals surface area contributed by atoms with Crippen molar-refractivity contribution in [2.75, 3.05) is 19.8 Å². The second-order valence-electron chi connectivity index (χ2n) is 5.08. The number of rotatable bonds is 5. The summed E-state index contributed by atoms with van der Waals surface area (Å²) in [5.74, 6) is 0. The van der Waals surface area contributed by atoms with E-state index in [-0.39, 0.29) is 11.5 Å². The number of hydrogen-bond acceptors (Lipinski definition) is 7. The van der Waals surface area contributed by atoms with Crippen LogP contribution in [0, 0.1) is 6.92 Å². The first-order valence-corrected chi connectivity index (χ1v) is 7.79. The molecule has 0 amide bonds. The van der Waals surface area contributed by atoms with Crippen molar-refractivity contribution >= 4 is 10.1 Å². The van der Waals surface area contributed by atoms with E-state index in [0.29, 0.717) is 0 Å². The van der Waals surface area contributed by atoms with Gasteiger partial charge in [-0.2, -0.15) is 8.42 Å². The van der Waals surface area contributed by atoms with Crippen molar-refractivity contribution in [2.24, 2.45) is 0 Å². The van der Waals surface area contributed by atoms with Crippen molar-refractivity contribution in [3.8, 4) is 0 Å². The lowest BCUT2D eigenvalue weighted by Crippen LogP contribution is -2.50. The van der Waals surface area contributed by atoms with Crippen molar-refractivity contribution in [3.63, 3.8) is 0 Å². The average Bonchev–Trinajstić information content (AvgIpc) is 2.74. The molecule has 0 radical (unpaired) electrons. The summed E-state index contributed by atoms with van der Waals surface area (Å²) >= 11 is 0. The highest BCUT2D eigenvalue weighted by Gasteiger charge is 2.49. The summed E-state index contributed by atoms with van der Waals surface area (Å²) in [4.78, 5) is -0.0331. The van der Waals surface area contributed by atoms with Crippen LogP contribution in [0.25, 0.3) is 0 Å². The molecule has 1 aliphatic heterocycles. The smallest absolute Gasteiger partial charge is 0.297 e. The van der Waals surface area contributed by atoms with Crippen LogP contribution in [0.4, 0.5) is 0 Å². The minimum Gasteiger partial charge on any atom is -0.393 e. The number of benzene rings is 1. The maximum Gasteiger partial charge on any atom is 0.297 e. The first kappa shape index (κ1) is 16.3. The molecule has 3 atom stereocenters. The normalized spacial score (nSPS) is 29.7. The van der Waals surface area contributed by atoms with Gasteiger partial charge in [0.25, 0.3) is 10.1 Å². The topological polar surface area (TPSA) is 113 Å². The Morgan fingerprint density at radius 1 is 1.33 bits per heavy atom. The lowest BCUT2D eigenvalue weighted by molar-refractivity contribution is -0.115. The molecule has 1 fully saturated rings. The standard InChI is InChI=1S/C13H18O7S/c1-9-2-4-10(5-3-9)21(17,18)20-8-13(7-14)12(16)11(15)6-19-13/h2-5,11-12,14-16H,6-8H2,1H3. The van der Waals surface area contributed by atoms with Crippen LogP contribution < -0.4 is 0 Å². The fourth-order valence-corrected chi connectivity index (χ4v) is 3.00. The van der Waals surface area contributed by atoms with Gasteiger partial charge in [0.2, 0.25) is 0 Å². The van der Waals surface area contributed by atoms with Crippen molar-refractivity contribution < 1.29 is 32.7 Å². The molecular weight excluding hydrogens is 300 g/mol. The summed E-state index contributed by atoms with van der Waals surface area (Å²) in [5, 5.41) is 28.6. The van der Waals surface area contributed by atoms with Crippen LogP contribution in [0.2, 0.25) is 0 Å². The molecule has 7 nitrogen and oxygen atoms in total. The lowest BCUT2D eigenvalue weighted by Gasteiger charge is -2.29. The Labute approximate surface area is 122 Å². The number of aryl methyl sites for hydroxylation is 1. The minimum absolute atomic E-state index is 0.0331. The van der Waals surface area contributed by atoms with Crippen LogP contribution in [0.1, 0.15) is 5.56 Å². The van der Waals surface area contributed by atoms with Gasteiger partial charge in [-0.1, -0.05) is 17.7 Å². The zero-order valence-corrected chi connectivity index (χ0v) is 12.3. The van der Waals surface area contributed by atoms with Gasteiger partial charge in [-0.15, -0.1) is 0 Å². The Balaban J connectivity index is 2.12. The number of aliphatic hydroxyl groups excluding tert-OH is 3. The molecule has 1 aromatic rings. The van der Waals surface area contributed by atoms with E-state index in [2.05, 4.69) is 0 Å². The Morgan fingerprint density at radius 3 is 2.43 bits per heavy atom. The second kappa shape index (κ2) is 5.99. The van der Waals surface area contributed by atoms with Crippen LogP contribution in [0.3, 0.4) is 0 Å². The highest BCUT2D eigenvalue weighted by molar-refractivity contribution is 7.86. The Bertz CT molecular complexity index is 583. The van der Waals surface area contributed by atoms with Crippen LogP contribution >= 0.6 is 0 Å². The molecule has 0 aromatic heterocycles. The minimum atomic E-state index is -4.04. The van der Waals surface area contributed by atoms with Crippen LogP contribution in [-0.2, 0) is 19.0 Å². The lowest BCUT2D eigenvalue weighted by atomic mass is 9.98. The van der Waals surface area contributed by atoms with Gasteiger partial charge < -0.3 is 20.1 Å². The molecule has 0 bridgehead atoms. The quantitative estimate of drug-likeness (QED) is 0.608. The highest BCUT2D eigenvalue weighted by atomic mass is 32.2. The average molecular weight is 318 g/mol. The maximum atomic E-state index is 12.0. The summed E-state index contributed by atoms with van der Waals surface area (Å²) in [6.45, 7) is 0.365. The Kier molecular flexibility index (Phi) is 4.66. The molecule has 0 saturated carbocycles. The van der Waals surface area contributed by atoms with Gasteiger partial charge in [-0.3, -0.25) is 4.18 Å². The summed E-state index contributed by atoms with van der Waals surface area (Å²) in [5.41, 5.74) is -0.740. The SMILES string of the molecule is Cc1ccc(S(=O)(=O)OCC2(CO)OCC(O)C2O)cc1. The third kappa shape index (κ3) is 3.25. The van der Waals surface area contributed by atoms with E-state index in [0.717, 1.165) is 5.56 Å². The van der Waals surface area contributed by atoms with E-state index >= 15 is 0 Å². The molecule has 2 rings (SSSR count). The number of hydrogen-bond donors (Lipinski definition) is 3. The Hall–Kier alpha value is -1.03. The molecule has 3 N–H and O–H groups in total. The summed E-state index contributed by atoms with van der Waals surface area (Å²) < 4.78 is 34.1. The van der Waals surface area contributed by atoms with Crippen molar-refractivity contribution in [1.82, 2.24) is 0 Å². The van der Waals surface area contributed by atoms with E-state index in [1.54, 1.807) is 12.1 Å². The number of ether oxygens (including phenoxy) is 1. The molecule has 1 aliphatic rings. The van der Waals surface area contributed by atoms with E-state index in [1.165, 1.54) is 12.1 Å². The first-order chi connectivity index (χ1) is 9.81. The van der Waals surface area contributed by atoms with Crippen LogP contribution in [0.5, 0.6) is 0 Å². The third-order valence-electron chi connectivity index (χ3n) is 3.48. The summed E-state index contributed by atoms with van der Waals surface area (Å²) in [6, 6.07) is 6.06. The van der Waals surface area contributed by atoms with Crippen molar-refractivity contribution in [2.45, 2.75) is 29.6 Å². The van der Waals surface area contributed by atoms with E-state index in [1.807, 2.05) is 6.92 Å². The molecule has 0 spiro atoms. The molecule has 1 saturated heterocycles. The highest BCUT2D eigenvalue weighted by Crippen LogP contribution is 2.28. The van der Waals surface area contributed by atoms with Crippen molar-refractivity contribution in [3.05, 3.63) is 29.8 Å². The van der Waals surface area contributed by atoms with Gasteiger partial charge in [0.1, 0.15) is 24.4 Å². The van der Waals surface area contributed by atoms with Gasteiger partial charge in [0, 0.05) is 0 Å².